The summed E-state index contributed by atoms with van der Waals surface area (Å²) in [6.07, 6.45) is -0.326. The number of carbonyl (C=O) groups is 1. The summed E-state index contributed by atoms with van der Waals surface area (Å²) < 4.78 is 4.22. The minimum Gasteiger partial charge on any atom is -0.435 e. The lowest BCUT2D eigenvalue weighted by molar-refractivity contribution is -0.164. The maximum Gasteiger partial charge on any atom is 0.549 e. The van der Waals surface area contributed by atoms with E-state index in [9.17, 15) is 4.79 Å². The SMILES string of the molecule is CC.COC(=O)OOc1ccc(CCO)cc1. The monoisotopic (exact) mass is 242 g/mol. The van der Waals surface area contributed by atoms with E-state index in [1.807, 2.05) is 13.8 Å². The van der Waals surface area contributed by atoms with E-state index in [0.717, 1.165) is 5.56 Å². The van der Waals surface area contributed by atoms with E-state index >= 15 is 0 Å². The molecule has 1 aromatic carbocycles. The number of rotatable bonds is 4. The van der Waals surface area contributed by atoms with Gasteiger partial charge in [0.2, 0.25) is 0 Å². The van der Waals surface area contributed by atoms with E-state index in [1.165, 1.54) is 7.11 Å². The molecule has 0 aliphatic rings. The molecule has 5 heteroatoms. The van der Waals surface area contributed by atoms with Gasteiger partial charge in [0, 0.05) is 6.61 Å². The molecule has 0 spiro atoms. The van der Waals surface area contributed by atoms with Gasteiger partial charge in [0.15, 0.2) is 5.75 Å². The molecule has 0 radical (unpaired) electrons. The van der Waals surface area contributed by atoms with Crippen molar-refractivity contribution >= 4 is 6.16 Å². The van der Waals surface area contributed by atoms with Gasteiger partial charge < -0.3 is 9.84 Å². The van der Waals surface area contributed by atoms with Gasteiger partial charge in [-0.3, -0.25) is 4.89 Å². The van der Waals surface area contributed by atoms with Crippen molar-refractivity contribution in [3.63, 3.8) is 0 Å². The average molecular weight is 242 g/mol. The van der Waals surface area contributed by atoms with Crippen molar-refractivity contribution in [1.82, 2.24) is 0 Å². The first-order valence-corrected chi connectivity index (χ1v) is 5.38. The van der Waals surface area contributed by atoms with Gasteiger partial charge in [0.25, 0.3) is 0 Å². The topological polar surface area (TPSA) is 65.0 Å². The molecule has 1 aromatic rings. The summed E-state index contributed by atoms with van der Waals surface area (Å²) in [5, 5.41) is 8.68. The molecule has 0 fully saturated rings. The molecule has 17 heavy (non-hydrogen) atoms. The number of benzene rings is 1. The normalized spacial score (nSPS) is 8.71. The summed E-state index contributed by atoms with van der Waals surface area (Å²) in [5.74, 6) is 0.391. The third-order valence-electron chi connectivity index (χ3n) is 1.70. The van der Waals surface area contributed by atoms with Crippen molar-refractivity contribution in [3.05, 3.63) is 29.8 Å². The Morgan fingerprint density at radius 3 is 2.29 bits per heavy atom. The summed E-state index contributed by atoms with van der Waals surface area (Å²) in [7, 11) is 1.19. The molecule has 0 bridgehead atoms. The first-order chi connectivity index (χ1) is 8.26. The van der Waals surface area contributed by atoms with Gasteiger partial charge in [-0.15, -0.1) is 0 Å². The number of hydrogen-bond acceptors (Lipinski definition) is 5. The molecule has 0 heterocycles. The van der Waals surface area contributed by atoms with Gasteiger partial charge in [-0.1, -0.05) is 26.0 Å². The fraction of sp³-hybridized carbons (Fsp3) is 0.417. The highest BCUT2D eigenvalue weighted by atomic mass is 17.2. The maximum atomic E-state index is 10.6. The first kappa shape index (κ1) is 15.2. The van der Waals surface area contributed by atoms with E-state index in [2.05, 4.69) is 14.5 Å². The minimum absolute atomic E-state index is 0.0961. The summed E-state index contributed by atoms with van der Waals surface area (Å²) >= 11 is 0. The summed E-state index contributed by atoms with van der Waals surface area (Å²) in [6, 6.07) is 6.81. The highest BCUT2D eigenvalue weighted by Crippen LogP contribution is 2.12. The van der Waals surface area contributed by atoms with E-state index in [1.54, 1.807) is 24.3 Å². The van der Waals surface area contributed by atoms with Crippen molar-refractivity contribution in [2.45, 2.75) is 20.3 Å². The van der Waals surface area contributed by atoms with Crippen molar-refractivity contribution < 1.29 is 24.4 Å². The van der Waals surface area contributed by atoms with E-state index < -0.39 is 6.16 Å². The molecule has 1 rings (SSSR count). The molecule has 0 amide bonds. The number of aliphatic hydroxyl groups excluding tert-OH is 1. The predicted octanol–water partition coefficient (Wildman–Crippen LogP) is 2.32. The van der Waals surface area contributed by atoms with Gasteiger partial charge in [0.05, 0.1) is 7.11 Å². The number of hydrogen-bond donors (Lipinski definition) is 1. The standard InChI is InChI=1S/C10H12O5.C2H6/c1-13-10(12)15-14-9-4-2-8(3-5-9)6-7-11;1-2/h2-5,11H,6-7H2,1H3;1-2H3. The van der Waals surface area contributed by atoms with Crippen LogP contribution in [0.3, 0.4) is 0 Å². The van der Waals surface area contributed by atoms with Crippen LogP contribution in [-0.2, 0) is 16.0 Å². The zero-order valence-corrected chi connectivity index (χ0v) is 10.3. The molecule has 96 valence electrons. The molecule has 0 saturated carbocycles. The maximum absolute atomic E-state index is 10.6. The Hall–Kier alpha value is -1.75. The number of carbonyl (C=O) groups excluding carboxylic acids is 1. The van der Waals surface area contributed by atoms with E-state index in [0.29, 0.717) is 12.2 Å². The van der Waals surface area contributed by atoms with Crippen molar-refractivity contribution in [1.29, 1.82) is 0 Å². The molecule has 0 saturated heterocycles. The Bertz CT molecular complexity index is 307. The van der Waals surface area contributed by atoms with E-state index in [4.69, 9.17) is 5.11 Å². The van der Waals surface area contributed by atoms with E-state index in [-0.39, 0.29) is 6.61 Å². The van der Waals surface area contributed by atoms with Gasteiger partial charge >= 0.3 is 6.16 Å². The molecule has 0 aliphatic carbocycles. The third kappa shape index (κ3) is 6.42. The van der Waals surface area contributed by atoms with Gasteiger partial charge in [-0.05, 0) is 24.1 Å². The number of aliphatic hydroxyl groups is 1. The van der Waals surface area contributed by atoms with Crippen LogP contribution in [0.4, 0.5) is 4.79 Å². The quantitative estimate of drug-likeness (QED) is 0.498. The van der Waals surface area contributed by atoms with Crippen LogP contribution in [0.5, 0.6) is 5.75 Å². The fourth-order valence-electron chi connectivity index (χ4n) is 0.957. The Morgan fingerprint density at radius 1 is 1.24 bits per heavy atom. The molecule has 0 unspecified atom stereocenters. The molecule has 0 atom stereocenters. The van der Waals surface area contributed by atoms with Gasteiger partial charge in [-0.2, -0.15) is 4.79 Å². The lowest BCUT2D eigenvalue weighted by Gasteiger charge is -2.03. The smallest absolute Gasteiger partial charge is 0.435 e. The summed E-state index contributed by atoms with van der Waals surface area (Å²) in [5.41, 5.74) is 0.975. The number of methoxy groups -OCH3 is 1. The fourth-order valence-corrected chi connectivity index (χ4v) is 0.957. The second kappa shape index (κ2) is 9.47. The Balaban J connectivity index is 0.00000121. The lowest BCUT2D eigenvalue weighted by Crippen LogP contribution is -2.07. The Kier molecular flexibility index (Phi) is 8.50. The van der Waals surface area contributed by atoms with Crippen LogP contribution in [0, 0.1) is 0 Å². The van der Waals surface area contributed by atoms with Crippen LogP contribution < -0.4 is 4.89 Å². The van der Waals surface area contributed by atoms with Gasteiger partial charge in [0.1, 0.15) is 0 Å². The number of ether oxygens (including phenoxy) is 1. The largest absolute Gasteiger partial charge is 0.549 e. The predicted molar refractivity (Wildman–Crippen MR) is 62.7 cm³/mol. The van der Waals surface area contributed by atoms with Crippen LogP contribution in [0.2, 0.25) is 0 Å². The Morgan fingerprint density at radius 2 is 1.82 bits per heavy atom. The zero-order chi connectivity index (χ0) is 13.1. The van der Waals surface area contributed by atoms with Crippen LogP contribution >= 0.6 is 0 Å². The second-order valence-corrected chi connectivity index (χ2v) is 2.74. The molecular weight excluding hydrogens is 224 g/mol. The van der Waals surface area contributed by atoms with Crippen LogP contribution in [0.15, 0.2) is 24.3 Å². The average Bonchev–Trinajstić information content (AvgIpc) is 2.40. The summed E-state index contributed by atoms with van der Waals surface area (Å²) in [4.78, 5) is 19.5. The van der Waals surface area contributed by atoms with Crippen molar-refractivity contribution in [2.75, 3.05) is 13.7 Å². The van der Waals surface area contributed by atoms with Crippen LogP contribution in [-0.4, -0.2) is 25.0 Å². The minimum atomic E-state index is -0.908. The summed E-state index contributed by atoms with van der Waals surface area (Å²) in [6.45, 7) is 4.10. The molecule has 5 nitrogen and oxygen atoms in total. The molecule has 0 aromatic heterocycles. The molecular formula is C12H18O5. The highest BCUT2D eigenvalue weighted by Gasteiger charge is 2.03. The third-order valence-corrected chi connectivity index (χ3v) is 1.70. The van der Waals surface area contributed by atoms with Gasteiger partial charge in [-0.25, -0.2) is 4.89 Å². The molecule has 1 N–H and O–H groups in total. The Labute approximate surface area is 101 Å². The lowest BCUT2D eigenvalue weighted by atomic mass is 10.1. The molecule has 0 aliphatic heterocycles. The van der Waals surface area contributed by atoms with Crippen molar-refractivity contribution in [2.24, 2.45) is 0 Å². The highest BCUT2D eigenvalue weighted by molar-refractivity contribution is 5.58. The van der Waals surface area contributed by atoms with Crippen molar-refractivity contribution in [3.8, 4) is 5.75 Å². The van der Waals surface area contributed by atoms with Crippen LogP contribution in [0.25, 0.3) is 0 Å². The second-order valence-electron chi connectivity index (χ2n) is 2.74. The van der Waals surface area contributed by atoms with Crippen LogP contribution in [0.1, 0.15) is 19.4 Å². The first-order valence-electron chi connectivity index (χ1n) is 5.38. The zero-order valence-electron chi connectivity index (χ0n) is 10.3.